The standard InChI is InChI=1S/C10H12IN5O2/c11-2-6-5(17)1-7(18-6)16-4-15-8-9(12)13-3-14-10(8)16/h3-7,17H,1-2H2,(H2,12,13,14)/t5-,6+,7+/m0/s1. The molecule has 0 saturated carbocycles. The van der Waals surface area contributed by atoms with E-state index in [0.29, 0.717) is 23.4 Å². The van der Waals surface area contributed by atoms with Crippen LogP contribution in [-0.4, -0.2) is 41.3 Å². The fourth-order valence-corrected chi connectivity index (χ4v) is 2.90. The molecule has 7 nitrogen and oxygen atoms in total. The average molecular weight is 361 g/mol. The van der Waals surface area contributed by atoms with Gasteiger partial charge in [0.25, 0.3) is 0 Å². The fourth-order valence-electron chi connectivity index (χ4n) is 2.11. The highest BCUT2D eigenvalue weighted by molar-refractivity contribution is 14.1. The monoisotopic (exact) mass is 361 g/mol. The van der Waals surface area contributed by atoms with Crippen molar-refractivity contribution in [3.05, 3.63) is 12.7 Å². The van der Waals surface area contributed by atoms with Gasteiger partial charge in [-0.25, -0.2) is 15.0 Å². The molecule has 0 aromatic carbocycles. The topological polar surface area (TPSA) is 99.1 Å². The Labute approximate surface area is 117 Å². The van der Waals surface area contributed by atoms with Gasteiger partial charge in [0.05, 0.1) is 18.5 Å². The minimum absolute atomic E-state index is 0.146. The second kappa shape index (κ2) is 4.59. The highest BCUT2D eigenvalue weighted by Gasteiger charge is 2.35. The quantitative estimate of drug-likeness (QED) is 0.597. The van der Waals surface area contributed by atoms with Gasteiger partial charge in [-0.15, -0.1) is 0 Å². The van der Waals surface area contributed by atoms with Crippen LogP contribution in [0.1, 0.15) is 12.6 Å². The molecule has 3 rings (SSSR count). The second-order valence-corrected chi connectivity index (χ2v) is 5.05. The van der Waals surface area contributed by atoms with E-state index in [1.807, 2.05) is 0 Å². The van der Waals surface area contributed by atoms with Gasteiger partial charge in [-0.05, 0) is 0 Å². The van der Waals surface area contributed by atoms with Crippen LogP contribution in [-0.2, 0) is 4.74 Å². The predicted molar refractivity (Wildman–Crippen MR) is 73.2 cm³/mol. The number of rotatable bonds is 2. The smallest absolute Gasteiger partial charge is 0.167 e. The minimum Gasteiger partial charge on any atom is -0.390 e. The lowest BCUT2D eigenvalue weighted by molar-refractivity contribution is -0.00221. The normalized spacial score (nSPS) is 28.0. The maximum absolute atomic E-state index is 9.86. The molecule has 1 saturated heterocycles. The summed E-state index contributed by atoms with van der Waals surface area (Å²) < 4.78 is 8.32. The molecular weight excluding hydrogens is 349 g/mol. The summed E-state index contributed by atoms with van der Waals surface area (Å²) in [5.41, 5.74) is 6.93. The number of hydrogen-bond acceptors (Lipinski definition) is 6. The van der Waals surface area contributed by atoms with Crippen molar-refractivity contribution in [2.75, 3.05) is 10.2 Å². The van der Waals surface area contributed by atoms with Crippen molar-refractivity contribution in [1.29, 1.82) is 0 Å². The highest BCUT2D eigenvalue weighted by Crippen LogP contribution is 2.31. The Morgan fingerprint density at radius 1 is 1.50 bits per heavy atom. The Balaban J connectivity index is 1.99. The minimum atomic E-state index is -0.455. The molecule has 0 radical (unpaired) electrons. The summed E-state index contributed by atoms with van der Waals surface area (Å²) in [5, 5.41) is 9.86. The lowest BCUT2D eigenvalue weighted by Gasteiger charge is -2.13. The third kappa shape index (κ3) is 1.84. The molecule has 0 bridgehead atoms. The van der Waals surface area contributed by atoms with Gasteiger partial charge in [-0.1, -0.05) is 22.6 Å². The number of nitrogens with zero attached hydrogens (tertiary/aromatic N) is 4. The molecule has 0 aliphatic carbocycles. The molecule has 2 aromatic heterocycles. The fraction of sp³-hybridized carbons (Fsp3) is 0.500. The SMILES string of the molecule is Nc1ncnc2c1ncn2[C@H]1C[C@H](O)[C@@H](CI)O1. The third-order valence-electron chi connectivity index (χ3n) is 3.05. The van der Waals surface area contributed by atoms with Crippen LogP contribution in [0.5, 0.6) is 0 Å². The molecule has 2 aromatic rings. The molecule has 1 fully saturated rings. The van der Waals surface area contributed by atoms with Crippen molar-refractivity contribution in [3.63, 3.8) is 0 Å². The molecule has 1 aliphatic heterocycles. The van der Waals surface area contributed by atoms with E-state index >= 15 is 0 Å². The van der Waals surface area contributed by atoms with Crippen LogP contribution >= 0.6 is 22.6 Å². The number of nitrogen functional groups attached to an aromatic ring is 1. The number of alkyl halides is 1. The maximum atomic E-state index is 9.86. The van der Waals surface area contributed by atoms with Gasteiger partial charge in [0.15, 0.2) is 11.5 Å². The summed E-state index contributed by atoms with van der Waals surface area (Å²) in [6.07, 6.45) is 2.71. The van der Waals surface area contributed by atoms with E-state index < -0.39 is 6.10 Å². The van der Waals surface area contributed by atoms with Crippen LogP contribution in [0.15, 0.2) is 12.7 Å². The predicted octanol–water partition coefficient (Wildman–Crippen LogP) is 0.492. The Morgan fingerprint density at radius 3 is 3.06 bits per heavy atom. The number of ether oxygens (including phenoxy) is 1. The molecule has 3 atom stereocenters. The summed E-state index contributed by atoms with van der Waals surface area (Å²) in [6.45, 7) is 0. The summed E-state index contributed by atoms with van der Waals surface area (Å²) in [7, 11) is 0. The van der Waals surface area contributed by atoms with Crippen LogP contribution in [0.3, 0.4) is 0 Å². The van der Waals surface area contributed by atoms with Gasteiger partial charge in [-0.2, -0.15) is 0 Å². The number of aliphatic hydroxyl groups is 1. The zero-order valence-corrected chi connectivity index (χ0v) is 11.6. The van der Waals surface area contributed by atoms with E-state index in [4.69, 9.17) is 10.5 Å². The number of aromatic nitrogens is 4. The van der Waals surface area contributed by atoms with Crippen molar-refractivity contribution in [2.24, 2.45) is 0 Å². The van der Waals surface area contributed by atoms with Gasteiger partial charge < -0.3 is 15.6 Å². The number of imidazole rings is 1. The van der Waals surface area contributed by atoms with Gasteiger partial charge in [0.1, 0.15) is 18.1 Å². The zero-order valence-electron chi connectivity index (χ0n) is 9.40. The molecule has 0 unspecified atom stereocenters. The molecule has 0 spiro atoms. The number of nitrogens with two attached hydrogens (primary N) is 1. The Bertz CT molecular complexity index is 574. The van der Waals surface area contributed by atoms with Crippen LogP contribution in [0, 0.1) is 0 Å². The molecule has 18 heavy (non-hydrogen) atoms. The van der Waals surface area contributed by atoms with Crippen molar-refractivity contribution in [3.8, 4) is 0 Å². The molecule has 1 aliphatic rings. The van der Waals surface area contributed by atoms with E-state index in [0.717, 1.165) is 4.43 Å². The Morgan fingerprint density at radius 2 is 2.33 bits per heavy atom. The number of halogens is 1. The van der Waals surface area contributed by atoms with Crippen molar-refractivity contribution in [1.82, 2.24) is 19.5 Å². The lowest BCUT2D eigenvalue weighted by Crippen LogP contribution is -2.21. The molecule has 0 amide bonds. The summed E-state index contributed by atoms with van der Waals surface area (Å²) >= 11 is 2.20. The van der Waals surface area contributed by atoms with Gasteiger partial charge in [0.2, 0.25) is 0 Å². The van der Waals surface area contributed by atoms with Crippen LogP contribution < -0.4 is 5.73 Å². The number of hydrogen-bond donors (Lipinski definition) is 2. The number of anilines is 1. The van der Waals surface area contributed by atoms with Gasteiger partial charge in [-0.3, -0.25) is 4.57 Å². The summed E-state index contributed by atoms with van der Waals surface area (Å²) in [5.74, 6) is 0.350. The van der Waals surface area contributed by atoms with Crippen LogP contribution in [0.4, 0.5) is 5.82 Å². The van der Waals surface area contributed by atoms with E-state index in [1.54, 1.807) is 10.9 Å². The van der Waals surface area contributed by atoms with Crippen molar-refractivity contribution >= 4 is 39.6 Å². The van der Waals surface area contributed by atoms with Crippen LogP contribution in [0.25, 0.3) is 11.2 Å². The molecule has 3 N–H and O–H groups in total. The van der Waals surface area contributed by atoms with Crippen molar-refractivity contribution in [2.45, 2.75) is 24.9 Å². The number of aliphatic hydroxyl groups excluding tert-OH is 1. The van der Waals surface area contributed by atoms with Crippen LogP contribution in [0.2, 0.25) is 0 Å². The molecule has 3 heterocycles. The third-order valence-corrected chi connectivity index (χ3v) is 3.92. The van der Waals surface area contributed by atoms with E-state index in [2.05, 4.69) is 37.5 Å². The summed E-state index contributed by atoms with van der Waals surface area (Å²) in [4.78, 5) is 12.2. The first kappa shape index (κ1) is 12.1. The summed E-state index contributed by atoms with van der Waals surface area (Å²) in [6, 6.07) is 0. The average Bonchev–Trinajstić information content (AvgIpc) is 2.93. The Kier molecular flexibility index (Phi) is 3.08. The second-order valence-electron chi connectivity index (χ2n) is 4.17. The zero-order chi connectivity index (χ0) is 12.7. The molecular formula is C10H12IN5O2. The first-order valence-corrected chi connectivity index (χ1v) is 7.05. The first-order chi connectivity index (χ1) is 8.70. The van der Waals surface area contributed by atoms with E-state index in [9.17, 15) is 5.11 Å². The van der Waals surface area contributed by atoms with Crippen molar-refractivity contribution < 1.29 is 9.84 Å². The van der Waals surface area contributed by atoms with Gasteiger partial charge in [0, 0.05) is 10.8 Å². The lowest BCUT2D eigenvalue weighted by atomic mass is 10.2. The Hall–Kier alpha value is -1.00. The molecule has 8 heteroatoms. The first-order valence-electron chi connectivity index (χ1n) is 5.53. The molecule has 96 valence electrons. The van der Waals surface area contributed by atoms with Gasteiger partial charge >= 0.3 is 0 Å². The van der Waals surface area contributed by atoms with E-state index in [1.165, 1.54) is 6.33 Å². The van der Waals surface area contributed by atoms with E-state index in [-0.39, 0.29) is 12.3 Å². The number of fused-ring (bicyclic) bond motifs is 1. The largest absolute Gasteiger partial charge is 0.390 e. The highest BCUT2D eigenvalue weighted by atomic mass is 127. The maximum Gasteiger partial charge on any atom is 0.167 e.